The molecule has 0 heterocycles. The molecule has 4 nitrogen and oxygen atoms in total. The van der Waals surface area contributed by atoms with Crippen LogP contribution in [-0.2, 0) is 0 Å². The van der Waals surface area contributed by atoms with E-state index in [1.807, 2.05) is 0 Å². The van der Waals surface area contributed by atoms with E-state index in [9.17, 15) is 9.59 Å². The van der Waals surface area contributed by atoms with E-state index in [1.165, 1.54) is 25.1 Å². The summed E-state index contributed by atoms with van der Waals surface area (Å²) in [6.07, 6.45) is 0. The summed E-state index contributed by atoms with van der Waals surface area (Å²) in [6.45, 7) is 1.36. The van der Waals surface area contributed by atoms with Gasteiger partial charge in [0.15, 0.2) is 34.5 Å². The standard InChI is InChI=1S/C9H7IO4/c1-5(11)6-3-2-4-7(9(12)13)8(6)14-10/h2-4H,1H3,(H,12,13). The quantitative estimate of drug-likeness (QED) is 0.687. The van der Waals surface area contributed by atoms with Crippen molar-refractivity contribution in [3.05, 3.63) is 29.3 Å². The molecule has 0 saturated heterocycles. The molecule has 14 heavy (non-hydrogen) atoms. The van der Waals surface area contributed by atoms with Gasteiger partial charge in [-0.2, -0.15) is 0 Å². The molecule has 0 aliphatic heterocycles. The van der Waals surface area contributed by atoms with Gasteiger partial charge in [0.1, 0.15) is 5.56 Å². The Balaban J connectivity index is 3.39. The number of halogens is 1. The minimum Gasteiger partial charge on any atom is -0.478 e. The first-order valence-corrected chi connectivity index (χ1v) is 4.62. The van der Waals surface area contributed by atoms with Crippen LogP contribution in [0.25, 0.3) is 0 Å². The lowest BCUT2D eigenvalue weighted by atomic mass is 10.1. The van der Waals surface area contributed by atoms with Crippen molar-refractivity contribution in [1.29, 1.82) is 0 Å². The molecular formula is C9H7IO4. The number of aromatic carboxylic acids is 1. The Labute approximate surface area is 94.6 Å². The summed E-state index contributed by atoms with van der Waals surface area (Å²) >= 11 is 1.56. The highest BCUT2D eigenvalue weighted by atomic mass is 127. The summed E-state index contributed by atoms with van der Waals surface area (Å²) in [4.78, 5) is 21.9. The van der Waals surface area contributed by atoms with Crippen LogP contribution >= 0.6 is 23.0 Å². The van der Waals surface area contributed by atoms with Crippen LogP contribution in [0.4, 0.5) is 0 Å². The first-order valence-electron chi connectivity index (χ1n) is 3.73. The smallest absolute Gasteiger partial charge is 0.339 e. The molecule has 0 unspecified atom stereocenters. The van der Waals surface area contributed by atoms with E-state index in [0.717, 1.165) is 0 Å². The zero-order valence-electron chi connectivity index (χ0n) is 7.28. The Morgan fingerprint density at radius 3 is 2.36 bits per heavy atom. The first-order chi connectivity index (χ1) is 6.57. The van der Waals surface area contributed by atoms with Gasteiger partial charge in [0.05, 0.1) is 5.56 Å². The van der Waals surface area contributed by atoms with E-state index >= 15 is 0 Å². The summed E-state index contributed by atoms with van der Waals surface area (Å²) < 4.78 is 4.87. The van der Waals surface area contributed by atoms with E-state index in [-0.39, 0.29) is 22.7 Å². The molecule has 0 atom stereocenters. The molecule has 5 heteroatoms. The Kier molecular flexibility index (Phi) is 3.45. The van der Waals surface area contributed by atoms with Crippen LogP contribution in [0.5, 0.6) is 5.75 Å². The molecule has 0 fully saturated rings. The van der Waals surface area contributed by atoms with Crippen LogP contribution in [0, 0.1) is 0 Å². The van der Waals surface area contributed by atoms with Crippen molar-refractivity contribution in [1.82, 2.24) is 0 Å². The van der Waals surface area contributed by atoms with E-state index in [2.05, 4.69) is 0 Å². The fourth-order valence-corrected chi connectivity index (χ4v) is 1.54. The van der Waals surface area contributed by atoms with Crippen LogP contribution in [0.3, 0.4) is 0 Å². The van der Waals surface area contributed by atoms with Crippen LogP contribution < -0.4 is 3.07 Å². The normalized spacial score (nSPS) is 9.57. The zero-order valence-corrected chi connectivity index (χ0v) is 9.44. The van der Waals surface area contributed by atoms with Crippen molar-refractivity contribution in [3.8, 4) is 5.75 Å². The highest BCUT2D eigenvalue weighted by Gasteiger charge is 2.17. The summed E-state index contributed by atoms with van der Waals surface area (Å²) in [5.74, 6) is -1.23. The van der Waals surface area contributed by atoms with Crippen molar-refractivity contribution in [3.63, 3.8) is 0 Å². The number of carbonyl (C=O) groups is 2. The maximum Gasteiger partial charge on any atom is 0.339 e. The fourth-order valence-electron chi connectivity index (χ4n) is 1.07. The minimum atomic E-state index is -1.11. The molecule has 0 saturated carbocycles. The summed E-state index contributed by atoms with van der Waals surface area (Å²) in [6, 6.07) is 4.44. The van der Waals surface area contributed by atoms with Crippen molar-refractivity contribution in [2.24, 2.45) is 0 Å². The molecule has 0 aromatic heterocycles. The number of carbonyl (C=O) groups excluding carboxylic acids is 1. The molecule has 1 N–H and O–H groups in total. The molecule has 1 aromatic carbocycles. The average Bonchev–Trinajstić information content (AvgIpc) is 2.16. The molecule has 1 aromatic rings. The molecule has 1 rings (SSSR count). The number of hydrogen-bond donors (Lipinski definition) is 1. The van der Waals surface area contributed by atoms with Gasteiger partial charge in [-0.25, -0.2) is 4.79 Å². The second kappa shape index (κ2) is 4.41. The lowest BCUT2D eigenvalue weighted by Crippen LogP contribution is -2.03. The number of para-hydroxylation sites is 1. The molecule has 0 spiro atoms. The van der Waals surface area contributed by atoms with Crippen LogP contribution in [0.2, 0.25) is 0 Å². The van der Waals surface area contributed by atoms with Gasteiger partial charge >= 0.3 is 5.97 Å². The van der Waals surface area contributed by atoms with E-state index in [4.69, 9.17) is 8.17 Å². The minimum absolute atomic E-state index is 0.00731. The van der Waals surface area contributed by atoms with Gasteiger partial charge in [0.25, 0.3) is 0 Å². The number of carboxylic acids is 1. The fraction of sp³-hybridized carbons (Fsp3) is 0.111. The SMILES string of the molecule is CC(=O)c1cccc(C(=O)O)c1OI. The summed E-state index contributed by atoms with van der Waals surface area (Å²) in [7, 11) is 0. The Hall–Kier alpha value is -1.11. The second-order valence-electron chi connectivity index (χ2n) is 2.62. The molecule has 0 amide bonds. The van der Waals surface area contributed by atoms with Gasteiger partial charge in [0, 0.05) is 0 Å². The summed E-state index contributed by atoms with van der Waals surface area (Å²) in [5, 5.41) is 8.81. The third-order valence-corrected chi connectivity index (χ3v) is 2.14. The predicted octanol–water partition coefficient (Wildman–Crippen LogP) is 2.32. The largest absolute Gasteiger partial charge is 0.478 e. The maximum atomic E-state index is 11.1. The Bertz CT molecular complexity index is 354. The maximum absolute atomic E-state index is 11.1. The van der Waals surface area contributed by atoms with Gasteiger partial charge in [0.2, 0.25) is 0 Å². The average molecular weight is 306 g/mol. The van der Waals surface area contributed by atoms with Crippen LogP contribution in [0.1, 0.15) is 27.6 Å². The Morgan fingerprint density at radius 1 is 1.36 bits per heavy atom. The summed E-state index contributed by atoms with van der Waals surface area (Å²) in [5.41, 5.74) is 0.270. The predicted molar refractivity (Wildman–Crippen MR) is 58.1 cm³/mol. The van der Waals surface area contributed by atoms with Crippen molar-refractivity contribution < 1.29 is 17.8 Å². The van der Waals surface area contributed by atoms with E-state index < -0.39 is 5.97 Å². The van der Waals surface area contributed by atoms with Crippen LogP contribution in [0.15, 0.2) is 18.2 Å². The molecule has 0 radical (unpaired) electrons. The van der Waals surface area contributed by atoms with Crippen molar-refractivity contribution in [2.75, 3.05) is 0 Å². The number of rotatable bonds is 3. The number of carboxylic acid groups (broad SMARTS) is 1. The van der Waals surface area contributed by atoms with Gasteiger partial charge in [-0.05, 0) is 19.1 Å². The van der Waals surface area contributed by atoms with Crippen molar-refractivity contribution in [2.45, 2.75) is 6.92 Å². The van der Waals surface area contributed by atoms with Gasteiger partial charge < -0.3 is 8.17 Å². The third kappa shape index (κ3) is 2.03. The molecule has 0 aliphatic carbocycles. The van der Waals surface area contributed by atoms with Gasteiger partial charge in [-0.1, -0.05) is 6.07 Å². The molecular weight excluding hydrogens is 299 g/mol. The topological polar surface area (TPSA) is 63.6 Å². The van der Waals surface area contributed by atoms with Gasteiger partial charge in [-0.3, -0.25) is 4.79 Å². The molecule has 0 bridgehead atoms. The Morgan fingerprint density at radius 2 is 1.93 bits per heavy atom. The van der Waals surface area contributed by atoms with E-state index in [0.29, 0.717) is 0 Å². The molecule has 74 valence electrons. The monoisotopic (exact) mass is 306 g/mol. The number of Topliss-reactive ketones (excluding diaryl/α,β-unsaturated/α-hetero) is 1. The lowest BCUT2D eigenvalue weighted by Gasteiger charge is -2.06. The van der Waals surface area contributed by atoms with Gasteiger partial charge in [-0.15, -0.1) is 0 Å². The number of benzene rings is 1. The van der Waals surface area contributed by atoms with E-state index in [1.54, 1.807) is 23.0 Å². The zero-order chi connectivity index (χ0) is 10.7. The first kappa shape index (κ1) is 11.0. The highest BCUT2D eigenvalue weighted by Crippen LogP contribution is 2.26. The number of ketones is 1. The second-order valence-corrected chi connectivity index (χ2v) is 3.06. The lowest BCUT2D eigenvalue weighted by molar-refractivity contribution is 0.0695. The van der Waals surface area contributed by atoms with Crippen LogP contribution in [-0.4, -0.2) is 16.9 Å². The number of hydrogen-bond acceptors (Lipinski definition) is 3. The molecule has 0 aliphatic rings. The highest BCUT2D eigenvalue weighted by molar-refractivity contribution is 14.1. The third-order valence-electron chi connectivity index (χ3n) is 1.70. The van der Waals surface area contributed by atoms with Crippen molar-refractivity contribution >= 4 is 34.8 Å².